The first-order chi connectivity index (χ1) is 8.02. The first-order valence-corrected chi connectivity index (χ1v) is 6.04. The lowest BCUT2D eigenvalue weighted by molar-refractivity contribution is -0.113. The summed E-state index contributed by atoms with van der Waals surface area (Å²) in [7, 11) is 0. The van der Waals surface area contributed by atoms with Crippen LogP contribution in [0.5, 0.6) is 0 Å². The molecule has 0 saturated carbocycles. The second-order valence-electron chi connectivity index (χ2n) is 3.62. The smallest absolute Gasteiger partial charge is 0.234 e. The van der Waals surface area contributed by atoms with Crippen molar-refractivity contribution in [1.29, 1.82) is 0 Å². The second kappa shape index (κ2) is 6.15. The van der Waals surface area contributed by atoms with E-state index in [0.29, 0.717) is 0 Å². The molecule has 0 aliphatic rings. The van der Waals surface area contributed by atoms with E-state index in [2.05, 4.69) is 10.4 Å². The zero-order valence-electron chi connectivity index (χ0n) is 9.86. The zero-order valence-corrected chi connectivity index (χ0v) is 10.7. The molecule has 0 aliphatic heterocycles. The lowest BCUT2D eigenvalue weighted by atomic mass is 10.1. The van der Waals surface area contributed by atoms with Gasteiger partial charge in [0.1, 0.15) is 0 Å². The molecule has 1 rings (SSSR count). The summed E-state index contributed by atoms with van der Waals surface area (Å²) in [5.74, 6) is 5.03. The molecule has 0 aliphatic carbocycles. The number of rotatable bonds is 3. The van der Waals surface area contributed by atoms with E-state index in [1.807, 2.05) is 32.0 Å². The number of thioether (sulfide) groups is 1. The number of hydrazone groups is 1. The van der Waals surface area contributed by atoms with Gasteiger partial charge in [0.25, 0.3) is 0 Å². The van der Waals surface area contributed by atoms with Crippen LogP contribution in [0.2, 0.25) is 0 Å². The molecule has 0 unspecified atom stereocenters. The summed E-state index contributed by atoms with van der Waals surface area (Å²) in [6.45, 7) is 3.92. The summed E-state index contributed by atoms with van der Waals surface area (Å²) in [5.41, 5.74) is 8.32. The quantitative estimate of drug-likeness (QED) is 0.326. The van der Waals surface area contributed by atoms with Crippen molar-refractivity contribution in [1.82, 2.24) is 0 Å². The van der Waals surface area contributed by atoms with Crippen LogP contribution in [-0.4, -0.2) is 16.8 Å². The van der Waals surface area contributed by atoms with Gasteiger partial charge in [0.2, 0.25) is 5.91 Å². The number of aryl methyl sites for hydroxylation is 2. The molecule has 0 atom stereocenters. The third-order valence-corrected chi connectivity index (χ3v) is 2.95. The van der Waals surface area contributed by atoms with Crippen LogP contribution in [0.3, 0.4) is 0 Å². The number of amides is 1. The van der Waals surface area contributed by atoms with Crippen LogP contribution in [0.15, 0.2) is 23.3 Å². The Morgan fingerprint density at radius 2 is 2.18 bits per heavy atom. The molecule has 0 fully saturated rings. The summed E-state index contributed by atoms with van der Waals surface area (Å²) < 4.78 is 0. The highest BCUT2D eigenvalue weighted by Crippen LogP contribution is 2.16. The van der Waals surface area contributed by atoms with Crippen molar-refractivity contribution >= 4 is 28.5 Å². The molecule has 5 N–H and O–H groups in total. The average molecular weight is 252 g/mol. The minimum Gasteiger partial charge on any atom is -0.377 e. The molecule has 17 heavy (non-hydrogen) atoms. The Morgan fingerprint density at radius 3 is 2.82 bits per heavy atom. The molecule has 0 heterocycles. The molecule has 0 saturated heterocycles. The Bertz CT molecular complexity index is 445. The fourth-order valence-corrected chi connectivity index (χ4v) is 1.66. The van der Waals surface area contributed by atoms with E-state index in [1.165, 1.54) is 0 Å². The molecule has 92 valence electrons. The van der Waals surface area contributed by atoms with Gasteiger partial charge in [-0.15, -0.1) is 0 Å². The monoisotopic (exact) mass is 252 g/mol. The predicted molar refractivity (Wildman–Crippen MR) is 72.8 cm³/mol. The molecular formula is C11H16N4OS. The number of hydrogen-bond donors (Lipinski definition) is 3. The Morgan fingerprint density at radius 1 is 1.47 bits per heavy atom. The first kappa shape index (κ1) is 13.4. The summed E-state index contributed by atoms with van der Waals surface area (Å²) in [6.07, 6.45) is 0. The van der Waals surface area contributed by atoms with E-state index < -0.39 is 0 Å². The molecule has 0 spiro atoms. The van der Waals surface area contributed by atoms with Crippen molar-refractivity contribution in [2.45, 2.75) is 13.8 Å². The standard InChI is InChI=1S/C11H16N4OS/c1-7-3-4-8(2)9(5-7)14-10(16)6-17-11(12)15-13/h3-5H,6,13H2,1-2H3,(H2,12,15)(H,14,16). The number of anilines is 1. The van der Waals surface area contributed by atoms with E-state index >= 15 is 0 Å². The van der Waals surface area contributed by atoms with Gasteiger partial charge < -0.3 is 16.9 Å². The van der Waals surface area contributed by atoms with Crippen LogP contribution in [0.25, 0.3) is 0 Å². The van der Waals surface area contributed by atoms with Crippen molar-refractivity contribution < 1.29 is 4.79 Å². The third-order valence-electron chi connectivity index (χ3n) is 2.15. The SMILES string of the molecule is Cc1ccc(C)c(NC(=O)CSC(N)=NN)c1. The minimum absolute atomic E-state index is 0.129. The number of nitrogens with zero attached hydrogens (tertiary/aromatic N) is 1. The molecule has 1 aromatic carbocycles. The number of amidine groups is 1. The number of benzene rings is 1. The van der Waals surface area contributed by atoms with Crippen molar-refractivity contribution in [2.24, 2.45) is 16.7 Å². The lowest BCUT2D eigenvalue weighted by Gasteiger charge is -2.08. The minimum atomic E-state index is -0.129. The molecule has 0 aromatic heterocycles. The van der Waals surface area contributed by atoms with Gasteiger partial charge in [0.15, 0.2) is 5.17 Å². The van der Waals surface area contributed by atoms with Gasteiger partial charge in [0.05, 0.1) is 5.75 Å². The summed E-state index contributed by atoms with van der Waals surface area (Å²) >= 11 is 1.10. The fraction of sp³-hybridized carbons (Fsp3) is 0.273. The predicted octanol–water partition coefficient (Wildman–Crippen LogP) is 1.16. The van der Waals surface area contributed by atoms with Crippen LogP contribution in [0.4, 0.5) is 5.69 Å². The second-order valence-corrected chi connectivity index (χ2v) is 4.62. The highest BCUT2D eigenvalue weighted by molar-refractivity contribution is 8.14. The van der Waals surface area contributed by atoms with E-state index in [0.717, 1.165) is 28.6 Å². The maximum Gasteiger partial charge on any atom is 0.234 e. The van der Waals surface area contributed by atoms with Crippen molar-refractivity contribution in [2.75, 3.05) is 11.1 Å². The van der Waals surface area contributed by atoms with Gasteiger partial charge in [-0.3, -0.25) is 4.79 Å². The first-order valence-electron chi connectivity index (χ1n) is 5.06. The maximum absolute atomic E-state index is 11.6. The Hall–Kier alpha value is -1.69. The van der Waals surface area contributed by atoms with Crippen LogP contribution < -0.4 is 16.9 Å². The molecule has 6 heteroatoms. The Kier molecular flexibility index (Phi) is 4.84. The number of nitrogens with one attached hydrogen (secondary N) is 1. The Labute approximate surface area is 105 Å². The summed E-state index contributed by atoms with van der Waals surface area (Å²) in [4.78, 5) is 11.6. The van der Waals surface area contributed by atoms with Gasteiger partial charge in [-0.25, -0.2) is 0 Å². The topological polar surface area (TPSA) is 93.5 Å². The van der Waals surface area contributed by atoms with E-state index in [-0.39, 0.29) is 16.8 Å². The van der Waals surface area contributed by atoms with Crippen LogP contribution in [0, 0.1) is 13.8 Å². The van der Waals surface area contributed by atoms with E-state index in [9.17, 15) is 4.79 Å². The largest absolute Gasteiger partial charge is 0.377 e. The van der Waals surface area contributed by atoms with Crippen LogP contribution in [-0.2, 0) is 4.79 Å². The van der Waals surface area contributed by atoms with E-state index in [4.69, 9.17) is 11.6 Å². The number of nitrogens with two attached hydrogens (primary N) is 2. The van der Waals surface area contributed by atoms with Crippen LogP contribution >= 0.6 is 11.8 Å². The molecule has 1 aromatic rings. The lowest BCUT2D eigenvalue weighted by Crippen LogP contribution is -2.19. The maximum atomic E-state index is 11.6. The highest BCUT2D eigenvalue weighted by Gasteiger charge is 2.06. The van der Waals surface area contributed by atoms with Gasteiger partial charge in [0, 0.05) is 5.69 Å². The van der Waals surface area contributed by atoms with E-state index in [1.54, 1.807) is 0 Å². The number of carbonyl (C=O) groups excluding carboxylic acids is 1. The zero-order chi connectivity index (χ0) is 12.8. The fourth-order valence-electron chi connectivity index (χ4n) is 1.23. The third kappa shape index (κ3) is 4.36. The average Bonchev–Trinajstić information content (AvgIpc) is 2.30. The number of carbonyl (C=O) groups is 1. The van der Waals surface area contributed by atoms with Crippen molar-refractivity contribution in [3.63, 3.8) is 0 Å². The molecule has 0 radical (unpaired) electrons. The normalized spacial score (nSPS) is 11.3. The number of hydrogen-bond acceptors (Lipinski definition) is 4. The van der Waals surface area contributed by atoms with Gasteiger partial charge >= 0.3 is 0 Å². The molecule has 5 nitrogen and oxygen atoms in total. The molecule has 0 bridgehead atoms. The molecular weight excluding hydrogens is 236 g/mol. The van der Waals surface area contributed by atoms with Crippen LogP contribution in [0.1, 0.15) is 11.1 Å². The summed E-state index contributed by atoms with van der Waals surface area (Å²) in [6, 6.07) is 5.89. The van der Waals surface area contributed by atoms with Gasteiger partial charge in [-0.1, -0.05) is 23.9 Å². The van der Waals surface area contributed by atoms with Gasteiger partial charge in [-0.05, 0) is 31.0 Å². The highest BCUT2D eigenvalue weighted by atomic mass is 32.2. The van der Waals surface area contributed by atoms with Gasteiger partial charge in [-0.2, -0.15) is 5.10 Å². The molecule has 1 amide bonds. The van der Waals surface area contributed by atoms with Crippen molar-refractivity contribution in [3.8, 4) is 0 Å². The summed E-state index contributed by atoms with van der Waals surface area (Å²) in [5, 5.41) is 6.29. The van der Waals surface area contributed by atoms with Crippen molar-refractivity contribution in [3.05, 3.63) is 29.3 Å². The Balaban J connectivity index is 2.59.